The number of sulfonamides is 1. The third-order valence-corrected chi connectivity index (χ3v) is 6.56. The second-order valence-electron chi connectivity index (χ2n) is 7.20. The molecule has 1 fully saturated rings. The average Bonchev–Trinajstić information content (AvgIpc) is 2.70. The van der Waals surface area contributed by atoms with Gasteiger partial charge in [-0.15, -0.1) is 0 Å². The monoisotopic (exact) mass is 402 g/mol. The van der Waals surface area contributed by atoms with Crippen LogP contribution in [0.2, 0.25) is 0 Å². The summed E-state index contributed by atoms with van der Waals surface area (Å²) in [5, 5.41) is 3.06. The Kier molecular flexibility index (Phi) is 6.24. The minimum absolute atomic E-state index is 0.0488. The number of carbonyl (C=O) groups is 1. The summed E-state index contributed by atoms with van der Waals surface area (Å²) in [5.41, 5.74) is 0.766. The van der Waals surface area contributed by atoms with Crippen molar-refractivity contribution in [3.05, 3.63) is 54.1 Å². The number of hydrogen-bond donors (Lipinski definition) is 2. The van der Waals surface area contributed by atoms with Crippen molar-refractivity contribution in [3.63, 3.8) is 0 Å². The van der Waals surface area contributed by atoms with Crippen molar-refractivity contribution in [2.24, 2.45) is 5.92 Å². The lowest BCUT2D eigenvalue weighted by molar-refractivity contribution is 0.0910. The number of methoxy groups -OCH3 is 1. The van der Waals surface area contributed by atoms with E-state index in [4.69, 9.17) is 4.74 Å². The minimum atomic E-state index is -3.80. The van der Waals surface area contributed by atoms with Gasteiger partial charge in [0.1, 0.15) is 5.75 Å². The lowest BCUT2D eigenvalue weighted by Gasteiger charge is -2.29. The Bertz CT molecular complexity index is 926. The fourth-order valence-electron chi connectivity index (χ4n) is 3.46. The van der Waals surface area contributed by atoms with Crippen LogP contribution in [0.3, 0.4) is 0 Å². The molecule has 2 aromatic rings. The van der Waals surface area contributed by atoms with Gasteiger partial charge < -0.3 is 10.1 Å². The molecule has 3 rings (SSSR count). The van der Waals surface area contributed by atoms with E-state index in [2.05, 4.69) is 17.0 Å². The maximum Gasteiger partial charge on any atom is 0.261 e. The Morgan fingerprint density at radius 2 is 1.79 bits per heavy atom. The van der Waals surface area contributed by atoms with E-state index < -0.39 is 10.0 Å². The van der Waals surface area contributed by atoms with Gasteiger partial charge in [-0.05, 0) is 61.2 Å². The van der Waals surface area contributed by atoms with Crippen molar-refractivity contribution >= 4 is 21.6 Å². The molecule has 6 nitrogen and oxygen atoms in total. The number of benzene rings is 2. The van der Waals surface area contributed by atoms with Gasteiger partial charge in [-0.2, -0.15) is 0 Å². The molecule has 2 atom stereocenters. The summed E-state index contributed by atoms with van der Waals surface area (Å²) in [5.74, 6) is 0.833. The van der Waals surface area contributed by atoms with Gasteiger partial charge >= 0.3 is 0 Å². The third kappa shape index (κ3) is 4.84. The van der Waals surface area contributed by atoms with Crippen molar-refractivity contribution in [3.8, 4) is 5.75 Å². The SMILES string of the molecule is COc1ccc(NS(=O)(=O)c2cccc(C(=O)NC3CCCCC3C)c2)cc1. The number of ether oxygens (including phenoxy) is 1. The molecular formula is C21H26N2O4S. The van der Waals surface area contributed by atoms with Crippen molar-refractivity contribution in [2.75, 3.05) is 11.8 Å². The first-order valence-corrected chi connectivity index (χ1v) is 10.9. The van der Waals surface area contributed by atoms with Gasteiger partial charge in [0.25, 0.3) is 15.9 Å². The van der Waals surface area contributed by atoms with Crippen molar-refractivity contribution < 1.29 is 17.9 Å². The highest BCUT2D eigenvalue weighted by Gasteiger charge is 2.24. The lowest BCUT2D eigenvalue weighted by Crippen LogP contribution is -2.41. The summed E-state index contributed by atoms with van der Waals surface area (Å²) in [6, 6.07) is 12.8. The van der Waals surface area contributed by atoms with Crippen LogP contribution in [0.4, 0.5) is 5.69 Å². The number of amides is 1. The summed E-state index contributed by atoms with van der Waals surface area (Å²) in [6.45, 7) is 2.14. The molecule has 150 valence electrons. The van der Waals surface area contributed by atoms with E-state index in [-0.39, 0.29) is 16.8 Å². The molecule has 2 N–H and O–H groups in total. The first-order chi connectivity index (χ1) is 13.4. The van der Waals surface area contributed by atoms with Gasteiger partial charge in [-0.25, -0.2) is 8.42 Å². The van der Waals surface area contributed by atoms with Gasteiger partial charge in [0.15, 0.2) is 0 Å². The Morgan fingerprint density at radius 1 is 1.07 bits per heavy atom. The van der Waals surface area contributed by atoms with Gasteiger partial charge in [-0.3, -0.25) is 9.52 Å². The number of hydrogen-bond acceptors (Lipinski definition) is 4. The largest absolute Gasteiger partial charge is 0.497 e. The van der Waals surface area contributed by atoms with Gasteiger partial charge in [0, 0.05) is 17.3 Å². The van der Waals surface area contributed by atoms with Crippen LogP contribution in [0.25, 0.3) is 0 Å². The second kappa shape index (κ2) is 8.65. The van der Waals surface area contributed by atoms with E-state index in [9.17, 15) is 13.2 Å². The first-order valence-electron chi connectivity index (χ1n) is 9.47. The molecular weight excluding hydrogens is 376 g/mol. The zero-order valence-electron chi connectivity index (χ0n) is 16.1. The zero-order valence-corrected chi connectivity index (χ0v) is 17.0. The molecule has 1 aliphatic rings. The molecule has 2 unspecified atom stereocenters. The molecule has 0 radical (unpaired) electrons. The standard InChI is InChI=1S/C21H26N2O4S/c1-15-6-3-4-9-20(15)22-21(24)16-7-5-8-19(14-16)28(25,26)23-17-10-12-18(27-2)13-11-17/h5,7-8,10-15,20,23H,3-4,6,9H2,1-2H3,(H,22,24). The Labute approximate surface area is 166 Å². The maximum absolute atomic E-state index is 12.7. The highest BCUT2D eigenvalue weighted by Crippen LogP contribution is 2.24. The predicted molar refractivity (Wildman–Crippen MR) is 109 cm³/mol. The van der Waals surface area contributed by atoms with E-state index in [1.165, 1.54) is 18.6 Å². The van der Waals surface area contributed by atoms with Crippen LogP contribution < -0.4 is 14.8 Å². The number of nitrogens with one attached hydrogen (secondary N) is 2. The van der Waals surface area contributed by atoms with E-state index in [1.54, 1.807) is 43.5 Å². The molecule has 28 heavy (non-hydrogen) atoms. The Balaban J connectivity index is 1.74. The maximum atomic E-state index is 12.7. The summed E-state index contributed by atoms with van der Waals surface area (Å²) in [4.78, 5) is 12.7. The van der Waals surface area contributed by atoms with Crippen molar-refractivity contribution in [1.29, 1.82) is 0 Å². The summed E-state index contributed by atoms with van der Waals surface area (Å²) in [7, 11) is -2.26. The summed E-state index contributed by atoms with van der Waals surface area (Å²) < 4.78 is 33.0. The van der Waals surface area contributed by atoms with Crippen LogP contribution in [0.15, 0.2) is 53.4 Å². The smallest absolute Gasteiger partial charge is 0.261 e. The third-order valence-electron chi connectivity index (χ3n) is 5.18. The molecule has 1 saturated carbocycles. The summed E-state index contributed by atoms with van der Waals surface area (Å²) in [6.07, 6.45) is 4.36. The molecule has 2 aromatic carbocycles. The normalized spacial score (nSPS) is 19.6. The van der Waals surface area contributed by atoms with E-state index >= 15 is 0 Å². The van der Waals surface area contributed by atoms with Gasteiger partial charge in [0.05, 0.1) is 12.0 Å². The highest BCUT2D eigenvalue weighted by molar-refractivity contribution is 7.92. The molecule has 0 spiro atoms. The van der Waals surface area contributed by atoms with Crippen LogP contribution in [0.1, 0.15) is 43.0 Å². The highest BCUT2D eigenvalue weighted by atomic mass is 32.2. The quantitative estimate of drug-likeness (QED) is 0.770. The number of anilines is 1. The zero-order chi connectivity index (χ0) is 20.1. The molecule has 0 bridgehead atoms. The Hall–Kier alpha value is -2.54. The molecule has 0 saturated heterocycles. The molecule has 1 aliphatic carbocycles. The number of carbonyl (C=O) groups excluding carboxylic acids is 1. The second-order valence-corrected chi connectivity index (χ2v) is 8.89. The van der Waals surface area contributed by atoms with Crippen LogP contribution in [-0.4, -0.2) is 27.5 Å². The molecule has 0 heterocycles. The van der Waals surface area contributed by atoms with Crippen LogP contribution in [-0.2, 0) is 10.0 Å². The van der Waals surface area contributed by atoms with Crippen LogP contribution in [0.5, 0.6) is 5.75 Å². The van der Waals surface area contributed by atoms with Gasteiger partial charge in [-0.1, -0.05) is 25.8 Å². The summed E-state index contributed by atoms with van der Waals surface area (Å²) >= 11 is 0. The van der Waals surface area contributed by atoms with E-state index in [0.717, 1.165) is 19.3 Å². The molecule has 7 heteroatoms. The van der Waals surface area contributed by atoms with Crippen LogP contribution >= 0.6 is 0 Å². The fraction of sp³-hybridized carbons (Fsp3) is 0.381. The van der Waals surface area contributed by atoms with Crippen LogP contribution in [0, 0.1) is 5.92 Å². The molecule has 1 amide bonds. The van der Waals surface area contributed by atoms with E-state index in [1.807, 2.05) is 0 Å². The van der Waals surface area contributed by atoms with E-state index in [0.29, 0.717) is 22.9 Å². The average molecular weight is 403 g/mol. The molecule has 0 aromatic heterocycles. The fourth-order valence-corrected chi connectivity index (χ4v) is 4.56. The lowest BCUT2D eigenvalue weighted by atomic mass is 9.86. The predicted octanol–water partition coefficient (Wildman–Crippen LogP) is 3.80. The topological polar surface area (TPSA) is 84.5 Å². The minimum Gasteiger partial charge on any atom is -0.497 e. The van der Waals surface area contributed by atoms with Crippen molar-refractivity contribution in [1.82, 2.24) is 5.32 Å². The van der Waals surface area contributed by atoms with Gasteiger partial charge in [0.2, 0.25) is 0 Å². The number of rotatable bonds is 6. The Morgan fingerprint density at radius 3 is 2.46 bits per heavy atom. The van der Waals surface area contributed by atoms with Crippen molar-refractivity contribution in [2.45, 2.75) is 43.5 Å². The molecule has 0 aliphatic heterocycles. The first kappa shape index (κ1) is 20.2.